The summed E-state index contributed by atoms with van der Waals surface area (Å²) in [6, 6.07) is 11.8. The van der Waals surface area contributed by atoms with Gasteiger partial charge in [0.2, 0.25) is 11.8 Å². The molecule has 5 aliphatic rings. The van der Waals surface area contributed by atoms with E-state index in [0.717, 1.165) is 104 Å². The molecule has 2 aromatic carbocycles. The summed E-state index contributed by atoms with van der Waals surface area (Å²) in [5.74, 6) is 2.03. The lowest BCUT2D eigenvalue weighted by molar-refractivity contribution is -0.141. The van der Waals surface area contributed by atoms with E-state index in [0.29, 0.717) is 24.9 Å². The van der Waals surface area contributed by atoms with Crippen molar-refractivity contribution < 1.29 is 28.7 Å². The average Bonchev–Trinajstić information content (AvgIpc) is 4.16. The Morgan fingerprint density at radius 1 is 0.661 bits per heavy atom. The maximum atomic E-state index is 14.1. The van der Waals surface area contributed by atoms with Crippen molar-refractivity contribution in [3.8, 4) is 33.6 Å². The molecule has 2 saturated heterocycles. The number of likely N-dealkylation sites (tertiary alicyclic amines) is 2. The zero-order valence-corrected chi connectivity index (χ0v) is 36.8. The summed E-state index contributed by atoms with van der Waals surface area (Å²) in [4.78, 5) is 73.7. The van der Waals surface area contributed by atoms with Gasteiger partial charge in [0.25, 0.3) is 0 Å². The Bertz CT molecular complexity index is 2370. The topological polar surface area (TPSA) is 175 Å². The van der Waals surface area contributed by atoms with Crippen molar-refractivity contribution in [3.05, 3.63) is 71.6 Å². The normalized spacial score (nSPS) is 24.6. The van der Waals surface area contributed by atoms with Gasteiger partial charge in [0.1, 0.15) is 34.8 Å². The maximum Gasteiger partial charge on any atom is 0.407 e. The molecule has 9 rings (SSSR count). The van der Waals surface area contributed by atoms with Crippen molar-refractivity contribution in [3.63, 3.8) is 0 Å². The summed E-state index contributed by atoms with van der Waals surface area (Å²) in [7, 11) is 2.63. The molecular weight excluding hydrogens is 785 g/mol. The van der Waals surface area contributed by atoms with Crippen molar-refractivity contribution in [2.75, 3.05) is 27.3 Å². The summed E-state index contributed by atoms with van der Waals surface area (Å²) >= 11 is 0. The van der Waals surface area contributed by atoms with Crippen LogP contribution in [0.1, 0.15) is 102 Å². The Kier molecular flexibility index (Phi) is 10.9. The van der Waals surface area contributed by atoms with E-state index in [4.69, 9.17) is 19.4 Å². The average molecular weight is 845 g/mol. The van der Waals surface area contributed by atoms with E-state index >= 15 is 0 Å². The number of nitrogens with one attached hydrogen (secondary N) is 4. The molecule has 62 heavy (non-hydrogen) atoms. The number of nitrogens with zero attached hydrogens (tertiary/aromatic N) is 4. The molecular formula is C48H60N8O6. The number of hydrogen-bond acceptors (Lipinski definition) is 8. The van der Waals surface area contributed by atoms with Gasteiger partial charge in [-0.1, -0.05) is 64.1 Å². The number of rotatable bonds is 11. The minimum atomic E-state index is -0.686. The highest BCUT2D eigenvalue weighted by Gasteiger charge is 2.58. The summed E-state index contributed by atoms with van der Waals surface area (Å²) in [5.41, 5.74) is 8.09. The van der Waals surface area contributed by atoms with Gasteiger partial charge in [-0.15, -0.1) is 0 Å². The SMILES string of the molecule is COC(=O)N[C@H](C(=O)N1C[C@H]2CC[C@@]1(c1ncc(-c3ccc(-c4ccc(-c5cnc([C@@]67CC[C@H](CN6C(=O)[C@@H](NC(=O)OC)C(C)C)C7)[nH]5)c5c4CCCC5)cc3)[nH]1)C2)C(C)C. The first kappa shape index (κ1) is 41.7. The van der Waals surface area contributed by atoms with Crippen molar-refractivity contribution in [1.29, 1.82) is 0 Å². The third-order valence-electron chi connectivity index (χ3n) is 14.8. The van der Waals surface area contributed by atoms with Gasteiger partial charge in [0, 0.05) is 18.7 Å². The third kappa shape index (κ3) is 7.03. The number of carbonyl (C=O) groups is 4. The molecule has 328 valence electrons. The summed E-state index contributed by atoms with van der Waals surface area (Å²) in [6.45, 7) is 9.06. The van der Waals surface area contributed by atoms with Crippen LogP contribution in [-0.4, -0.2) is 93.1 Å². The number of imidazole rings is 2. The van der Waals surface area contributed by atoms with Gasteiger partial charge < -0.3 is 39.9 Å². The van der Waals surface area contributed by atoms with Crippen LogP contribution in [0.25, 0.3) is 33.6 Å². The summed E-state index contributed by atoms with van der Waals surface area (Å²) in [5, 5.41) is 5.56. The van der Waals surface area contributed by atoms with E-state index in [2.05, 4.69) is 57.0 Å². The highest BCUT2D eigenvalue weighted by Crippen LogP contribution is 2.54. The molecule has 0 spiro atoms. The van der Waals surface area contributed by atoms with Crippen molar-refractivity contribution in [1.82, 2.24) is 40.4 Å². The molecule has 6 atom stereocenters. The molecule has 4 amide bonds. The molecule has 2 aliphatic heterocycles. The zero-order chi connectivity index (χ0) is 43.5. The van der Waals surface area contributed by atoms with Crippen LogP contribution in [0.3, 0.4) is 0 Å². The van der Waals surface area contributed by atoms with Crippen LogP contribution in [0.5, 0.6) is 0 Å². The molecule has 3 aliphatic carbocycles. The van der Waals surface area contributed by atoms with Gasteiger partial charge in [0.05, 0.1) is 38.0 Å². The highest BCUT2D eigenvalue weighted by molar-refractivity contribution is 5.88. The zero-order valence-electron chi connectivity index (χ0n) is 36.8. The second-order valence-corrected chi connectivity index (χ2v) is 19.1. The number of benzene rings is 2. The number of carbonyl (C=O) groups excluding carboxylic acids is 4. The monoisotopic (exact) mass is 844 g/mol. The van der Waals surface area contributed by atoms with E-state index in [1.54, 1.807) is 0 Å². The van der Waals surface area contributed by atoms with Crippen molar-refractivity contribution in [2.45, 2.75) is 115 Å². The van der Waals surface area contributed by atoms with E-state index < -0.39 is 35.3 Å². The molecule has 4 fully saturated rings. The Labute approximate surface area is 363 Å². The fraction of sp³-hybridized carbons (Fsp3) is 0.542. The number of aromatic amines is 2. The smallest absolute Gasteiger partial charge is 0.407 e. The number of amides is 4. The number of piperidine rings is 2. The van der Waals surface area contributed by atoms with Gasteiger partial charge in [-0.05, 0) is 116 Å². The second kappa shape index (κ2) is 16.2. The predicted molar refractivity (Wildman–Crippen MR) is 233 cm³/mol. The third-order valence-corrected chi connectivity index (χ3v) is 14.8. The van der Waals surface area contributed by atoms with Gasteiger partial charge in [-0.2, -0.15) is 0 Å². The lowest BCUT2D eigenvalue weighted by atomic mass is 9.82. The first-order valence-electron chi connectivity index (χ1n) is 22.5. The number of hydrogen-bond donors (Lipinski definition) is 4. The first-order chi connectivity index (χ1) is 29.8. The van der Waals surface area contributed by atoms with Gasteiger partial charge >= 0.3 is 12.2 Å². The van der Waals surface area contributed by atoms with Crippen LogP contribution in [0.15, 0.2) is 48.8 Å². The van der Waals surface area contributed by atoms with Crippen molar-refractivity contribution >= 4 is 24.0 Å². The van der Waals surface area contributed by atoms with Gasteiger partial charge in [-0.25, -0.2) is 19.6 Å². The number of aromatic nitrogens is 4. The minimum absolute atomic E-state index is 0.0865. The van der Waals surface area contributed by atoms with Crippen LogP contribution in [0, 0.1) is 23.7 Å². The van der Waals surface area contributed by atoms with Crippen LogP contribution in [0.4, 0.5) is 9.59 Å². The van der Waals surface area contributed by atoms with Crippen LogP contribution < -0.4 is 10.6 Å². The quantitative estimate of drug-likeness (QED) is 0.120. The molecule has 0 unspecified atom stereocenters. The van der Waals surface area contributed by atoms with Crippen molar-refractivity contribution in [2.24, 2.45) is 23.7 Å². The number of fused-ring (bicyclic) bond motifs is 5. The van der Waals surface area contributed by atoms with E-state index in [9.17, 15) is 19.2 Å². The summed E-state index contributed by atoms with van der Waals surface area (Å²) in [6.07, 6.45) is 12.3. The number of methoxy groups -OCH3 is 2. The molecule has 0 radical (unpaired) electrons. The Morgan fingerprint density at radius 2 is 1.11 bits per heavy atom. The predicted octanol–water partition coefficient (Wildman–Crippen LogP) is 7.45. The van der Waals surface area contributed by atoms with Gasteiger partial charge in [-0.3, -0.25) is 9.59 Å². The Morgan fingerprint density at radius 3 is 1.60 bits per heavy atom. The fourth-order valence-electron chi connectivity index (χ4n) is 11.6. The largest absolute Gasteiger partial charge is 0.453 e. The Balaban J connectivity index is 0.958. The van der Waals surface area contributed by atoms with E-state index in [-0.39, 0.29) is 23.7 Å². The molecule has 4 bridgehead atoms. The number of H-pyrrole nitrogens is 2. The number of ether oxygens (including phenoxy) is 2. The number of alkyl carbamates (subject to hydrolysis) is 2. The Hall–Kier alpha value is -5.66. The van der Waals surface area contributed by atoms with Crippen LogP contribution in [0.2, 0.25) is 0 Å². The first-order valence-corrected chi connectivity index (χ1v) is 22.5. The van der Waals surface area contributed by atoms with Gasteiger partial charge in [0.15, 0.2) is 0 Å². The molecule has 14 nitrogen and oxygen atoms in total. The minimum Gasteiger partial charge on any atom is -0.453 e. The lowest BCUT2D eigenvalue weighted by Gasteiger charge is -2.40. The molecule has 14 heteroatoms. The molecule has 2 saturated carbocycles. The van der Waals surface area contributed by atoms with Crippen LogP contribution >= 0.6 is 0 Å². The second-order valence-electron chi connectivity index (χ2n) is 19.1. The molecule has 2 aromatic heterocycles. The van der Waals surface area contributed by atoms with Crippen LogP contribution in [-0.2, 0) is 43.0 Å². The highest BCUT2D eigenvalue weighted by atomic mass is 16.5. The molecule has 4 heterocycles. The summed E-state index contributed by atoms with van der Waals surface area (Å²) < 4.78 is 9.71. The maximum absolute atomic E-state index is 14.1. The molecule has 4 aromatic rings. The molecule has 4 N–H and O–H groups in total. The van der Waals surface area contributed by atoms with E-state index in [1.165, 1.54) is 30.9 Å². The standard InChI is InChI=1S/C48H60N8O6/c1-27(2)39(53-45(59)61-5)41(57)55-25-29-17-19-47(55,21-29)43-49-23-37(51-43)32-13-11-31(12-14-32)33-15-16-36(35-10-8-7-9-34(33)35)38-24-50-44(52-38)48-20-18-30(22-48)26-56(48)42(58)40(28(3)4)54-46(60)62-6/h11-16,23-24,27-30,39-40H,7-10,17-22,25-26H2,1-6H3,(H,49,51)(H,50,52)(H,53,59)(H,54,60)/t29-,30-,39-,40-,47-,48-/m0/s1. The van der Waals surface area contributed by atoms with E-state index in [1.807, 2.05) is 49.9 Å². The fourth-order valence-corrected chi connectivity index (χ4v) is 11.6. The lowest BCUT2D eigenvalue weighted by Crippen LogP contribution is -2.56.